The number of carbonyl (C=O) groups is 2. The minimum atomic E-state index is -0.873. The molecule has 1 unspecified atom stereocenters. The van der Waals surface area contributed by atoms with E-state index in [1.54, 1.807) is 18.2 Å². The molecule has 7 heteroatoms. The van der Waals surface area contributed by atoms with E-state index in [1.165, 1.54) is 4.90 Å². The van der Waals surface area contributed by atoms with Gasteiger partial charge in [-0.2, -0.15) is 0 Å². The number of anilines is 1. The van der Waals surface area contributed by atoms with Gasteiger partial charge in [0.25, 0.3) is 0 Å². The van der Waals surface area contributed by atoms with Gasteiger partial charge in [0, 0.05) is 19.2 Å². The monoisotopic (exact) mass is 312 g/mol. The number of carboxylic acid groups (broad SMARTS) is 1. The molecule has 1 fully saturated rings. The molecule has 0 aromatic heterocycles. The normalized spacial score (nSPS) is 17.6. The first-order valence-corrected chi connectivity index (χ1v) is 7.10. The summed E-state index contributed by atoms with van der Waals surface area (Å²) in [5.74, 6) is -0.760. The zero-order chi connectivity index (χ0) is 15.4. The average Bonchev–Trinajstić information content (AvgIpc) is 2.93. The summed E-state index contributed by atoms with van der Waals surface area (Å²) < 4.78 is 5.36. The minimum Gasteiger partial charge on any atom is -0.494 e. The molecule has 1 aromatic rings. The highest BCUT2D eigenvalue weighted by Crippen LogP contribution is 2.27. The lowest BCUT2D eigenvalue weighted by Crippen LogP contribution is -2.33. The molecule has 0 spiro atoms. The second-order valence-corrected chi connectivity index (χ2v) is 5.18. The van der Waals surface area contributed by atoms with Crippen molar-refractivity contribution in [2.24, 2.45) is 5.92 Å². The SMILES string of the molecule is CCOc1ccc(Cl)c(NC(=O)N2CCC(C(=O)O)C2)c1. The fourth-order valence-electron chi connectivity index (χ4n) is 2.20. The number of hydrogen-bond acceptors (Lipinski definition) is 3. The lowest BCUT2D eigenvalue weighted by molar-refractivity contribution is -0.141. The van der Waals surface area contributed by atoms with Gasteiger partial charge in [0.05, 0.1) is 23.2 Å². The molecule has 2 N–H and O–H groups in total. The highest BCUT2D eigenvalue weighted by molar-refractivity contribution is 6.33. The summed E-state index contributed by atoms with van der Waals surface area (Å²) in [6.45, 7) is 3.01. The second-order valence-electron chi connectivity index (χ2n) is 4.77. The van der Waals surface area contributed by atoms with Gasteiger partial charge in [0.1, 0.15) is 5.75 Å². The van der Waals surface area contributed by atoms with Crippen molar-refractivity contribution in [1.82, 2.24) is 4.90 Å². The van der Waals surface area contributed by atoms with E-state index in [-0.39, 0.29) is 12.6 Å². The summed E-state index contributed by atoms with van der Waals surface area (Å²) in [5, 5.41) is 12.0. The molecule has 1 heterocycles. The molecule has 1 aliphatic rings. The maximum Gasteiger partial charge on any atom is 0.321 e. The molecule has 21 heavy (non-hydrogen) atoms. The van der Waals surface area contributed by atoms with Crippen LogP contribution in [0, 0.1) is 5.92 Å². The van der Waals surface area contributed by atoms with Crippen LogP contribution < -0.4 is 10.1 Å². The van der Waals surface area contributed by atoms with Crippen molar-refractivity contribution in [3.63, 3.8) is 0 Å². The van der Waals surface area contributed by atoms with Crippen LogP contribution in [0.25, 0.3) is 0 Å². The number of amides is 2. The molecule has 1 atom stereocenters. The van der Waals surface area contributed by atoms with Crippen molar-refractivity contribution in [2.45, 2.75) is 13.3 Å². The Kier molecular flexibility index (Phi) is 4.90. The Labute approximate surface area is 127 Å². The molecule has 0 bridgehead atoms. The van der Waals surface area contributed by atoms with Crippen LogP contribution in [-0.2, 0) is 4.79 Å². The minimum absolute atomic E-state index is 0.212. The van der Waals surface area contributed by atoms with Gasteiger partial charge >= 0.3 is 12.0 Å². The maximum atomic E-state index is 12.1. The van der Waals surface area contributed by atoms with Gasteiger partial charge < -0.3 is 20.1 Å². The number of rotatable bonds is 4. The summed E-state index contributed by atoms with van der Waals surface area (Å²) in [6, 6.07) is 4.66. The number of urea groups is 1. The zero-order valence-electron chi connectivity index (χ0n) is 11.6. The van der Waals surface area contributed by atoms with E-state index in [0.717, 1.165) is 0 Å². The molecule has 0 saturated carbocycles. The Balaban J connectivity index is 2.03. The Bertz CT molecular complexity index is 550. The summed E-state index contributed by atoms with van der Waals surface area (Å²) >= 11 is 6.04. The topological polar surface area (TPSA) is 78.9 Å². The van der Waals surface area contributed by atoms with Crippen LogP contribution in [0.4, 0.5) is 10.5 Å². The number of carbonyl (C=O) groups excluding carboxylic acids is 1. The fourth-order valence-corrected chi connectivity index (χ4v) is 2.36. The molecule has 1 saturated heterocycles. The van der Waals surface area contributed by atoms with Crippen LogP contribution >= 0.6 is 11.6 Å². The molecule has 1 aliphatic heterocycles. The van der Waals surface area contributed by atoms with Gasteiger partial charge in [0.2, 0.25) is 0 Å². The van der Waals surface area contributed by atoms with Gasteiger partial charge in [-0.3, -0.25) is 4.79 Å². The van der Waals surface area contributed by atoms with Crippen LogP contribution in [0.5, 0.6) is 5.75 Å². The second kappa shape index (κ2) is 6.67. The van der Waals surface area contributed by atoms with Crippen LogP contribution in [0.2, 0.25) is 5.02 Å². The lowest BCUT2D eigenvalue weighted by atomic mass is 10.1. The first-order chi connectivity index (χ1) is 10.0. The number of aliphatic carboxylic acids is 1. The summed E-state index contributed by atoms with van der Waals surface area (Å²) in [7, 11) is 0. The fraction of sp³-hybridized carbons (Fsp3) is 0.429. The quantitative estimate of drug-likeness (QED) is 0.896. The Morgan fingerprint density at radius 1 is 1.52 bits per heavy atom. The third-order valence-corrected chi connectivity index (χ3v) is 3.64. The molecule has 2 amide bonds. The Hall–Kier alpha value is -1.95. The number of benzene rings is 1. The maximum absolute atomic E-state index is 12.1. The molecule has 6 nitrogen and oxygen atoms in total. The van der Waals surface area contributed by atoms with Crippen molar-refractivity contribution in [3.8, 4) is 5.75 Å². The van der Waals surface area contributed by atoms with Gasteiger partial charge in [-0.15, -0.1) is 0 Å². The molecular formula is C14H17ClN2O4. The van der Waals surface area contributed by atoms with Crippen molar-refractivity contribution in [2.75, 3.05) is 25.0 Å². The van der Waals surface area contributed by atoms with E-state index in [2.05, 4.69) is 5.32 Å². The molecule has 2 rings (SSSR count). The van der Waals surface area contributed by atoms with E-state index in [4.69, 9.17) is 21.4 Å². The van der Waals surface area contributed by atoms with Crippen LogP contribution in [0.3, 0.4) is 0 Å². The van der Waals surface area contributed by atoms with Crippen LogP contribution in [-0.4, -0.2) is 41.7 Å². The third kappa shape index (κ3) is 3.78. The van der Waals surface area contributed by atoms with E-state index in [9.17, 15) is 9.59 Å². The van der Waals surface area contributed by atoms with E-state index in [1.807, 2.05) is 6.92 Å². The number of nitrogens with zero attached hydrogens (tertiary/aromatic N) is 1. The lowest BCUT2D eigenvalue weighted by Gasteiger charge is -2.17. The number of halogens is 1. The summed E-state index contributed by atoms with van der Waals surface area (Å²) in [4.78, 5) is 24.5. The van der Waals surface area contributed by atoms with Gasteiger partial charge in [-0.05, 0) is 25.5 Å². The Morgan fingerprint density at radius 2 is 2.29 bits per heavy atom. The summed E-state index contributed by atoms with van der Waals surface area (Å²) in [6.07, 6.45) is 0.468. The molecule has 1 aromatic carbocycles. The molecule has 0 radical (unpaired) electrons. The number of ether oxygens (including phenoxy) is 1. The van der Waals surface area contributed by atoms with E-state index >= 15 is 0 Å². The molecule has 114 valence electrons. The van der Waals surface area contributed by atoms with Crippen LogP contribution in [0.1, 0.15) is 13.3 Å². The van der Waals surface area contributed by atoms with Crippen molar-refractivity contribution >= 4 is 29.3 Å². The number of nitrogens with one attached hydrogen (secondary N) is 1. The third-order valence-electron chi connectivity index (χ3n) is 3.32. The van der Waals surface area contributed by atoms with Crippen LogP contribution in [0.15, 0.2) is 18.2 Å². The number of carboxylic acids is 1. The largest absolute Gasteiger partial charge is 0.494 e. The molecule has 0 aliphatic carbocycles. The number of hydrogen-bond donors (Lipinski definition) is 2. The van der Waals surface area contributed by atoms with Crippen molar-refractivity contribution in [1.29, 1.82) is 0 Å². The van der Waals surface area contributed by atoms with Gasteiger partial charge in [-0.1, -0.05) is 11.6 Å². The molecular weight excluding hydrogens is 296 g/mol. The van der Waals surface area contributed by atoms with Crippen molar-refractivity contribution < 1.29 is 19.4 Å². The highest BCUT2D eigenvalue weighted by atomic mass is 35.5. The van der Waals surface area contributed by atoms with E-state index in [0.29, 0.717) is 36.0 Å². The zero-order valence-corrected chi connectivity index (χ0v) is 12.4. The van der Waals surface area contributed by atoms with Crippen molar-refractivity contribution in [3.05, 3.63) is 23.2 Å². The predicted octanol–water partition coefficient (Wildman–Crippen LogP) is 2.68. The summed E-state index contributed by atoms with van der Waals surface area (Å²) in [5.41, 5.74) is 0.450. The standard InChI is InChI=1S/C14H17ClN2O4/c1-2-21-10-3-4-11(15)12(7-10)16-14(20)17-6-5-9(8-17)13(18)19/h3-4,7,9H,2,5-6,8H2,1H3,(H,16,20)(H,18,19). The highest BCUT2D eigenvalue weighted by Gasteiger charge is 2.31. The number of likely N-dealkylation sites (tertiary alicyclic amines) is 1. The van der Waals surface area contributed by atoms with E-state index < -0.39 is 11.9 Å². The first-order valence-electron chi connectivity index (χ1n) is 6.72. The predicted molar refractivity (Wildman–Crippen MR) is 79.0 cm³/mol. The first kappa shape index (κ1) is 15.4. The Morgan fingerprint density at radius 3 is 2.90 bits per heavy atom. The van der Waals surface area contributed by atoms with Gasteiger partial charge in [-0.25, -0.2) is 4.79 Å². The van der Waals surface area contributed by atoms with Gasteiger partial charge in [0.15, 0.2) is 0 Å². The average molecular weight is 313 g/mol. The smallest absolute Gasteiger partial charge is 0.321 e.